The number of rotatable bonds is 6. The lowest BCUT2D eigenvalue weighted by Gasteiger charge is -2.32. The Labute approximate surface area is 182 Å². The molecular weight excluding hydrogens is 388 g/mol. The van der Waals surface area contributed by atoms with Crippen LogP contribution in [-0.2, 0) is 20.7 Å². The van der Waals surface area contributed by atoms with E-state index in [0.717, 1.165) is 35.7 Å². The summed E-state index contributed by atoms with van der Waals surface area (Å²) >= 11 is 0. The van der Waals surface area contributed by atoms with Gasteiger partial charge in [-0.15, -0.1) is 0 Å². The van der Waals surface area contributed by atoms with Crippen LogP contribution in [0.3, 0.4) is 0 Å². The van der Waals surface area contributed by atoms with Gasteiger partial charge in [0, 0.05) is 36.3 Å². The molecule has 1 amide bonds. The average molecular weight is 415 g/mol. The molecular formula is C26H26N2O3. The molecule has 3 aromatic rings. The maximum absolute atomic E-state index is 12.4. The summed E-state index contributed by atoms with van der Waals surface area (Å²) in [6, 6.07) is 20.1. The number of pyridine rings is 1. The van der Waals surface area contributed by atoms with Crippen LogP contribution < -0.4 is 0 Å². The van der Waals surface area contributed by atoms with Crippen molar-refractivity contribution in [3.05, 3.63) is 84.1 Å². The number of hydrogen-bond acceptors (Lipinski definition) is 4. The Kier molecular flexibility index (Phi) is 6.72. The molecule has 31 heavy (non-hydrogen) atoms. The van der Waals surface area contributed by atoms with Crippen molar-refractivity contribution in [2.75, 3.05) is 19.7 Å². The van der Waals surface area contributed by atoms with Gasteiger partial charge in [0.1, 0.15) is 0 Å². The van der Waals surface area contributed by atoms with Gasteiger partial charge in [-0.25, -0.2) is 4.79 Å². The van der Waals surface area contributed by atoms with Gasteiger partial charge >= 0.3 is 5.97 Å². The molecule has 5 heteroatoms. The highest BCUT2D eigenvalue weighted by Gasteiger charge is 2.23. The van der Waals surface area contributed by atoms with Crippen LogP contribution in [0.15, 0.2) is 72.9 Å². The molecule has 0 N–H and O–H groups in total. The Morgan fingerprint density at radius 2 is 1.77 bits per heavy atom. The number of benzene rings is 2. The number of esters is 1. The molecule has 1 aliphatic rings. The molecule has 4 rings (SSSR count). The molecule has 1 fully saturated rings. The van der Waals surface area contributed by atoms with E-state index in [1.54, 1.807) is 17.2 Å². The largest absolute Gasteiger partial charge is 0.452 e. The highest BCUT2D eigenvalue weighted by molar-refractivity contribution is 5.93. The minimum absolute atomic E-state index is 0.133. The standard InChI is InChI=1S/C26H26N2O3/c29-24(28-16-13-21(14-17-28)18-20-6-2-1-3-7-20)19-31-25(30)12-11-23-9-4-8-22-10-5-15-27-26(22)23/h1-12,15,21H,13-14,16-19H2/b12-11+. The average Bonchev–Trinajstić information content (AvgIpc) is 2.82. The van der Waals surface area contributed by atoms with Crippen molar-refractivity contribution in [1.82, 2.24) is 9.88 Å². The molecule has 0 unspecified atom stereocenters. The molecule has 0 aliphatic carbocycles. The lowest BCUT2D eigenvalue weighted by molar-refractivity contribution is -0.148. The summed E-state index contributed by atoms with van der Waals surface area (Å²) in [5.74, 6) is -0.0711. The van der Waals surface area contributed by atoms with E-state index >= 15 is 0 Å². The number of hydrogen-bond donors (Lipinski definition) is 0. The molecule has 2 heterocycles. The van der Waals surface area contributed by atoms with Gasteiger partial charge in [0.15, 0.2) is 6.61 Å². The van der Waals surface area contributed by atoms with Crippen LogP contribution in [0.1, 0.15) is 24.0 Å². The highest BCUT2D eigenvalue weighted by atomic mass is 16.5. The fourth-order valence-electron chi connectivity index (χ4n) is 4.03. The van der Waals surface area contributed by atoms with E-state index in [-0.39, 0.29) is 12.5 Å². The predicted molar refractivity (Wildman–Crippen MR) is 121 cm³/mol. The van der Waals surface area contributed by atoms with Crippen molar-refractivity contribution in [2.24, 2.45) is 5.92 Å². The number of aromatic nitrogens is 1. The normalized spacial score (nSPS) is 14.8. The van der Waals surface area contributed by atoms with Crippen molar-refractivity contribution in [1.29, 1.82) is 0 Å². The number of para-hydroxylation sites is 1. The molecule has 2 aromatic carbocycles. The number of fused-ring (bicyclic) bond motifs is 1. The van der Waals surface area contributed by atoms with Gasteiger partial charge in [0.2, 0.25) is 0 Å². The van der Waals surface area contributed by atoms with E-state index in [2.05, 4.69) is 29.2 Å². The first-order chi connectivity index (χ1) is 15.2. The third-order valence-corrected chi connectivity index (χ3v) is 5.74. The first kappa shape index (κ1) is 20.8. The molecule has 0 spiro atoms. The number of piperidine rings is 1. The maximum Gasteiger partial charge on any atom is 0.331 e. The van der Waals surface area contributed by atoms with Crippen LogP contribution in [0, 0.1) is 5.92 Å². The summed E-state index contributed by atoms with van der Waals surface area (Å²) in [7, 11) is 0. The van der Waals surface area contributed by atoms with Crippen molar-refractivity contribution in [3.8, 4) is 0 Å². The van der Waals surface area contributed by atoms with Gasteiger partial charge in [0.05, 0.1) is 5.52 Å². The third kappa shape index (κ3) is 5.57. The summed E-state index contributed by atoms with van der Waals surface area (Å²) in [6.07, 6.45) is 7.75. The Bertz CT molecular complexity index is 1060. The summed E-state index contributed by atoms with van der Waals surface area (Å²) in [6.45, 7) is 1.21. The minimum Gasteiger partial charge on any atom is -0.452 e. The van der Waals surface area contributed by atoms with Gasteiger partial charge in [-0.2, -0.15) is 0 Å². The molecule has 1 aliphatic heterocycles. The number of carbonyl (C=O) groups is 2. The molecule has 0 bridgehead atoms. The monoisotopic (exact) mass is 414 g/mol. The summed E-state index contributed by atoms with van der Waals surface area (Å²) in [5.41, 5.74) is 3.00. The second-order valence-electron chi connectivity index (χ2n) is 7.88. The first-order valence-electron chi connectivity index (χ1n) is 10.7. The zero-order valence-electron chi connectivity index (χ0n) is 17.4. The lowest BCUT2D eigenvalue weighted by atomic mass is 9.90. The van der Waals surface area contributed by atoms with Crippen LogP contribution in [-0.4, -0.2) is 41.5 Å². The van der Waals surface area contributed by atoms with Gasteiger partial charge in [-0.05, 0) is 42.9 Å². The number of likely N-dealkylation sites (tertiary alicyclic amines) is 1. The molecule has 0 saturated carbocycles. The highest BCUT2D eigenvalue weighted by Crippen LogP contribution is 2.22. The fraction of sp³-hybridized carbons (Fsp3) is 0.269. The van der Waals surface area contributed by atoms with Crippen LogP contribution in [0.5, 0.6) is 0 Å². The van der Waals surface area contributed by atoms with Gasteiger partial charge in [-0.1, -0.05) is 54.6 Å². The molecule has 0 radical (unpaired) electrons. The number of carbonyl (C=O) groups excluding carboxylic acids is 2. The SMILES string of the molecule is O=C(/C=C/c1cccc2cccnc12)OCC(=O)N1CCC(Cc2ccccc2)CC1. The maximum atomic E-state index is 12.4. The Morgan fingerprint density at radius 3 is 2.58 bits per heavy atom. The van der Waals surface area contributed by atoms with Crippen LogP contribution >= 0.6 is 0 Å². The summed E-state index contributed by atoms with van der Waals surface area (Å²) in [4.78, 5) is 30.7. The van der Waals surface area contributed by atoms with Crippen molar-refractivity contribution < 1.29 is 14.3 Å². The van der Waals surface area contributed by atoms with E-state index in [0.29, 0.717) is 19.0 Å². The van der Waals surface area contributed by atoms with E-state index in [9.17, 15) is 9.59 Å². The Morgan fingerprint density at radius 1 is 1.00 bits per heavy atom. The van der Waals surface area contributed by atoms with Crippen molar-refractivity contribution in [3.63, 3.8) is 0 Å². The van der Waals surface area contributed by atoms with Crippen LogP contribution in [0.2, 0.25) is 0 Å². The third-order valence-electron chi connectivity index (χ3n) is 5.74. The molecule has 158 valence electrons. The first-order valence-corrected chi connectivity index (χ1v) is 10.7. The Hall–Kier alpha value is -3.47. The number of nitrogens with zero attached hydrogens (tertiary/aromatic N) is 2. The van der Waals surface area contributed by atoms with E-state index in [1.165, 1.54) is 11.6 Å². The molecule has 1 aromatic heterocycles. The summed E-state index contributed by atoms with van der Waals surface area (Å²) < 4.78 is 5.18. The van der Waals surface area contributed by atoms with E-state index in [4.69, 9.17) is 4.74 Å². The fourth-order valence-corrected chi connectivity index (χ4v) is 4.03. The number of amides is 1. The molecule has 0 atom stereocenters. The minimum atomic E-state index is -0.528. The molecule has 1 saturated heterocycles. The van der Waals surface area contributed by atoms with Gasteiger partial charge < -0.3 is 9.64 Å². The second-order valence-corrected chi connectivity index (χ2v) is 7.88. The number of ether oxygens (including phenoxy) is 1. The summed E-state index contributed by atoms with van der Waals surface area (Å²) in [5, 5.41) is 1.00. The second kappa shape index (κ2) is 10.0. The van der Waals surface area contributed by atoms with Gasteiger partial charge in [0.25, 0.3) is 5.91 Å². The van der Waals surface area contributed by atoms with Gasteiger partial charge in [-0.3, -0.25) is 9.78 Å². The van der Waals surface area contributed by atoms with E-state index < -0.39 is 5.97 Å². The van der Waals surface area contributed by atoms with Crippen molar-refractivity contribution >= 4 is 28.9 Å². The van der Waals surface area contributed by atoms with Crippen LogP contribution in [0.25, 0.3) is 17.0 Å². The van der Waals surface area contributed by atoms with Crippen LogP contribution in [0.4, 0.5) is 0 Å². The lowest BCUT2D eigenvalue weighted by Crippen LogP contribution is -2.41. The smallest absolute Gasteiger partial charge is 0.331 e. The molecule has 5 nitrogen and oxygen atoms in total. The zero-order valence-corrected chi connectivity index (χ0v) is 17.4. The quantitative estimate of drug-likeness (QED) is 0.446. The Balaban J connectivity index is 1.23. The predicted octanol–water partition coefficient (Wildman–Crippen LogP) is 4.27. The van der Waals surface area contributed by atoms with E-state index in [1.807, 2.05) is 36.4 Å². The zero-order chi connectivity index (χ0) is 21.5. The topological polar surface area (TPSA) is 59.5 Å². The van der Waals surface area contributed by atoms with Crippen molar-refractivity contribution in [2.45, 2.75) is 19.3 Å².